The summed E-state index contributed by atoms with van der Waals surface area (Å²) < 4.78 is 7.30. The molecule has 0 spiro atoms. The van der Waals surface area contributed by atoms with Gasteiger partial charge in [0.25, 0.3) is 0 Å². The molecule has 0 radical (unpaired) electrons. The summed E-state index contributed by atoms with van der Waals surface area (Å²) >= 11 is 0. The van der Waals surface area contributed by atoms with Crippen LogP contribution in [0.3, 0.4) is 0 Å². The average molecular weight is 378 g/mol. The highest BCUT2D eigenvalue weighted by Crippen LogP contribution is 2.21. The molecule has 1 amide bonds. The summed E-state index contributed by atoms with van der Waals surface area (Å²) in [5.41, 5.74) is 2.93. The Bertz CT molecular complexity index is 1070. The van der Waals surface area contributed by atoms with Crippen molar-refractivity contribution in [1.82, 2.24) is 19.4 Å². The summed E-state index contributed by atoms with van der Waals surface area (Å²) in [6.07, 6.45) is 1.26. The van der Waals surface area contributed by atoms with Gasteiger partial charge in [0.1, 0.15) is 18.0 Å². The maximum atomic E-state index is 12.7. The van der Waals surface area contributed by atoms with Crippen molar-refractivity contribution in [2.45, 2.75) is 39.8 Å². The van der Waals surface area contributed by atoms with E-state index in [1.54, 1.807) is 17.9 Å². The fourth-order valence-corrected chi connectivity index (χ4v) is 3.51. The number of benzene rings is 1. The van der Waals surface area contributed by atoms with Crippen LogP contribution in [0.2, 0.25) is 0 Å². The van der Waals surface area contributed by atoms with Gasteiger partial charge >= 0.3 is 5.69 Å². The molecule has 0 aliphatic carbocycles. The van der Waals surface area contributed by atoms with Gasteiger partial charge in [-0.2, -0.15) is 4.98 Å². The van der Waals surface area contributed by atoms with Gasteiger partial charge in [-0.3, -0.25) is 9.36 Å². The first kappa shape index (κ1) is 18.2. The van der Waals surface area contributed by atoms with E-state index >= 15 is 0 Å². The topological polar surface area (TPSA) is 81.2 Å². The molecule has 2 aromatic heterocycles. The standard InChI is InChI=1S/C21H22N4O3/c1-14-10-15(2)25(21(27)22-14)13-20(26)24-9-8-18-17(12-24)23-19(28-18)11-16-6-4-3-5-7-16/h3-7,10H,8-9,11-13H2,1-2H3. The zero-order valence-electron chi connectivity index (χ0n) is 16.0. The zero-order chi connectivity index (χ0) is 19.7. The van der Waals surface area contributed by atoms with Gasteiger partial charge in [0, 0.05) is 30.8 Å². The molecule has 0 bridgehead atoms. The molecule has 0 atom stereocenters. The highest BCUT2D eigenvalue weighted by atomic mass is 16.4. The van der Waals surface area contributed by atoms with E-state index in [1.807, 2.05) is 37.3 Å². The molecule has 0 saturated heterocycles. The number of aryl methyl sites for hydroxylation is 2. The molecule has 0 unspecified atom stereocenters. The van der Waals surface area contributed by atoms with Gasteiger partial charge < -0.3 is 9.32 Å². The summed E-state index contributed by atoms with van der Waals surface area (Å²) in [5, 5.41) is 0. The Labute approximate surface area is 162 Å². The highest BCUT2D eigenvalue weighted by Gasteiger charge is 2.26. The predicted octanol–water partition coefficient (Wildman–Crippen LogP) is 2.02. The van der Waals surface area contributed by atoms with E-state index in [4.69, 9.17) is 4.42 Å². The van der Waals surface area contributed by atoms with Gasteiger partial charge in [-0.1, -0.05) is 30.3 Å². The Balaban J connectivity index is 1.47. The van der Waals surface area contributed by atoms with Gasteiger partial charge in [-0.05, 0) is 25.5 Å². The molecule has 28 heavy (non-hydrogen) atoms. The minimum absolute atomic E-state index is 0.0119. The number of carbonyl (C=O) groups is 1. The fourth-order valence-electron chi connectivity index (χ4n) is 3.51. The van der Waals surface area contributed by atoms with Crippen LogP contribution in [-0.2, 0) is 30.7 Å². The summed E-state index contributed by atoms with van der Waals surface area (Å²) in [6.45, 7) is 4.52. The van der Waals surface area contributed by atoms with Crippen molar-refractivity contribution in [1.29, 1.82) is 0 Å². The van der Waals surface area contributed by atoms with Crippen molar-refractivity contribution >= 4 is 5.91 Å². The van der Waals surface area contributed by atoms with E-state index < -0.39 is 5.69 Å². The van der Waals surface area contributed by atoms with Crippen LogP contribution in [-0.4, -0.2) is 31.9 Å². The van der Waals surface area contributed by atoms with Crippen molar-refractivity contribution in [3.63, 3.8) is 0 Å². The Kier molecular flexibility index (Phi) is 4.81. The van der Waals surface area contributed by atoms with E-state index in [1.165, 1.54) is 4.57 Å². The molecule has 1 aromatic carbocycles. The Morgan fingerprint density at radius 3 is 2.71 bits per heavy atom. The average Bonchev–Trinajstić information content (AvgIpc) is 3.06. The molecule has 7 nitrogen and oxygen atoms in total. The first-order chi connectivity index (χ1) is 13.5. The van der Waals surface area contributed by atoms with E-state index in [9.17, 15) is 9.59 Å². The SMILES string of the molecule is Cc1cc(C)n(CC(=O)N2CCc3oc(Cc4ccccc4)nc3C2)c(=O)n1. The van der Waals surface area contributed by atoms with Crippen molar-refractivity contribution in [2.75, 3.05) is 6.54 Å². The second-order valence-electron chi connectivity index (χ2n) is 7.11. The lowest BCUT2D eigenvalue weighted by Crippen LogP contribution is -2.40. The van der Waals surface area contributed by atoms with Gasteiger partial charge in [0.15, 0.2) is 5.89 Å². The number of hydrogen-bond donors (Lipinski definition) is 0. The normalized spacial score (nSPS) is 13.4. The van der Waals surface area contributed by atoms with E-state index in [0.717, 1.165) is 22.7 Å². The Morgan fingerprint density at radius 1 is 1.18 bits per heavy atom. The lowest BCUT2D eigenvalue weighted by atomic mass is 10.1. The van der Waals surface area contributed by atoms with Crippen LogP contribution in [0, 0.1) is 13.8 Å². The van der Waals surface area contributed by atoms with Gasteiger partial charge in [-0.15, -0.1) is 0 Å². The molecule has 4 rings (SSSR count). The summed E-state index contributed by atoms with van der Waals surface area (Å²) in [5.74, 6) is 1.40. The molecule has 7 heteroatoms. The monoisotopic (exact) mass is 378 g/mol. The lowest BCUT2D eigenvalue weighted by Gasteiger charge is -2.26. The fraction of sp³-hybridized carbons (Fsp3) is 0.333. The second-order valence-corrected chi connectivity index (χ2v) is 7.11. The van der Waals surface area contributed by atoms with E-state index in [2.05, 4.69) is 9.97 Å². The molecular weight excluding hydrogens is 356 g/mol. The molecule has 0 N–H and O–H groups in total. The predicted molar refractivity (Wildman–Crippen MR) is 103 cm³/mol. The Morgan fingerprint density at radius 2 is 1.96 bits per heavy atom. The minimum atomic E-state index is -0.393. The largest absolute Gasteiger partial charge is 0.445 e. The highest BCUT2D eigenvalue weighted by molar-refractivity contribution is 5.76. The maximum absolute atomic E-state index is 12.7. The first-order valence-electron chi connectivity index (χ1n) is 9.34. The maximum Gasteiger partial charge on any atom is 0.348 e. The third-order valence-corrected chi connectivity index (χ3v) is 4.96. The molecule has 3 heterocycles. The first-order valence-corrected chi connectivity index (χ1v) is 9.34. The zero-order valence-corrected chi connectivity index (χ0v) is 16.0. The van der Waals surface area contributed by atoms with Crippen LogP contribution in [0.25, 0.3) is 0 Å². The second kappa shape index (κ2) is 7.42. The van der Waals surface area contributed by atoms with Crippen molar-refractivity contribution < 1.29 is 9.21 Å². The number of hydrogen-bond acceptors (Lipinski definition) is 5. The van der Waals surface area contributed by atoms with Crippen LogP contribution in [0.1, 0.15) is 34.3 Å². The third-order valence-electron chi connectivity index (χ3n) is 4.96. The minimum Gasteiger partial charge on any atom is -0.445 e. The number of oxazole rings is 1. The smallest absolute Gasteiger partial charge is 0.348 e. The molecule has 0 saturated carbocycles. The molecule has 144 valence electrons. The molecular formula is C21H22N4O3. The number of nitrogens with zero attached hydrogens (tertiary/aromatic N) is 4. The van der Waals surface area contributed by atoms with Crippen LogP contribution < -0.4 is 5.69 Å². The third kappa shape index (κ3) is 3.74. The van der Waals surface area contributed by atoms with Gasteiger partial charge in [-0.25, -0.2) is 9.78 Å². The van der Waals surface area contributed by atoms with Gasteiger partial charge in [0.2, 0.25) is 5.91 Å². The van der Waals surface area contributed by atoms with Crippen LogP contribution in [0.5, 0.6) is 0 Å². The summed E-state index contributed by atoms with van der Waals surface area (Å²) in [6, 6.07) is 11.8. The molecule has 1 aliphatic rings. The molecule has 1 aliphatic heterocycles. The Hall–Kier alpha value is -3.22. The summed E-state index contributed by atoms with van der Waals surface area (Å²) in [7, 11) is 0. The van der Waals surface area contributed by atoms with Gasteiger partial charge in [0.05, 0.1) is 6.54 Å². The quantitative estimate of drug-likeness (QED) is 0.694. The molecule has 3 aromatic rings. The van der Waals surface area contributed by atoms with E-state index in [0.29, 0.717) is 37.5 Å². The van der Waals surface area contributed by atoms with Crippen molar-refractivity contribution in [3.8, 4) is 0 Å². The van der Waals surface area contributed by atoms with Crippen molar-refractivity contribution in [2.24, 2.45) is 0 Å². The van der Waals surface area contributed by atoms with Crippen LogP contribution >= 0.6 is 0 Å². The van der Waals surface area contributed by atoms with Crippen molar-refractivity contribution in [3.05, 3.63) is 81.2 Å². The number of fused-ring (bicyclic) bond motifs is 1. The summed E-state index contributed by atoms with van der Waals surface area (Å²) in [4.78, 5) is 35.1. The lowest BCUT2D eigenvalue weighted by molar-refractivity contribution is -0.133. The molecule has 0 fully saturated rings. The number of aromatic nitrogens is 3. The van der Waals surface area contributed by atoms with E-state index in [-0.39, 0.29) is 12.5 Å². The van der Waals surface area contributed by atoms with Crippen LogP contribution in [0.15, 0.2) is 45.6 Å². The van der Waals surface area contributed by atoms with Crippen LogP contribution in [0.4, 0.5) is 0 Å². The number of carbonyl (C=O) groups excluding carboxylic acids is 1. The number of rotatable bonds is 4. The number of amides is 1.